The topological polar surface area (TPSA) is 49.4 Å². The Morgan fingerprint density at radius 3 is 2.18 bits per heavy atom. The molecule has 2 amide bonds. The highest BCUT2D eigenvalue weighted by Gasteiger charge is 2.32. The summed E-state index contributed by atoms with van der Waals surface area (Å²) in [5.41, 5.74) is 2.09. The zero-order valence-corrected chi connectivity index (χ0v) is 21.2. The van der Waals surface area contributed by atoms with Crippen LogP contribution in [-0.2, 0) is 29.0 Å². The first-order valence-electron chi connectivity index (χ1n) is 11.3. The van der Waals surface area contributed by atoms with Gasteiger partial charge < -0.3 is 10.2 Å². The number of amides is 2. The minimum Gasteiger partial charge on any atom is -0.350 e. The lowest BCUT2D eigenvalue weighted by Gasteiger charge is -2.34. The van der Waals surface area contributed by atoms with Gasteiger partial charge in [0.25, 0.3) is 0 Å². The molecule has 0 aliphatic heterocycles. The van der Waals surface area contributed by atoms with Crippen molar-refractivity contribution in [3.8, 4) is 0 Å². The molecule has 3 aromatic carbocycles. The van der Waals surface area contributed by atoms with E-state index in [9.17, 15) is 9.59 Å². The summed E-state index contributed by atoms with van der Waals surface area (Å²) >= 11 is 12.6. The Morgan fingerprint density at radius 1 is 0.882 bits per heavy atom. The van der Waals surface area contributed by atoms with Crippen LogP contribution in [0.15, 0.2) is 78.9 Å². The van der Waals surface area contributed by atoms with Crippen LogP contribution in [0.25, 0.3) is 0 Å². The van der Waals surface area contributed by atoms with Crippen LogP contribution in [0.2, 0.25) is 10.0 Å². The first-order valence-corrected chi connectivity index (χ1v) is 12.0. The number of rotatable bonds is 8. The largest absolute Gasteiger partial charge is 0.350 e. The van der Waals surface area contributed by atoms with E-state index in [0.29, 0.717) is 16.5 Å². The van der Waals surface area contributed by atoms with Crippen LogP contribution >= 0.6 is 23.2 Å². The minimum atomic E-state index is -0.718. The fourth-order valence-corrected chi connectivity index (χ4v) is 4.15. The third-order valence-corrected chi connectivity index (χ3v) is 5.92. The van der Waals surface area contributed by atoms with Gasteiger partial charge >= 0.3 is 0 Å². The summed E-state index contributed by atoms with van der Waals surface area (Å²) in [6.07, 6.45) is 0.508. The van der Waals surface area contributed by atoms with Gasteiger partial charge in [0.05, 0.1) is 6.42 Å². The van der Waals surface area contributed by atoms with E-state index < -0.39 is 11.6 Å². The maximum Gasteiger partial charge on any atom is 0.243 e. The van der Waals surface area contributed by atoms with Crippen molar-refractivity contribution in [3.63, 3.8) is 0 Å². The molecule has 34 heavy (non-hydrogen) atoms. The monoisotopic (exact) mass is 496 g/mol. The van der Waals surface area contributed by atoms with E-state index in [1.807, 2.05) is 81.4 Å². The zero-order valence-electron chi connectivity index (χ0n) is 19.7. The van der Waals surface area contributed by atoms with Gasteiger partial charge in [-0.25, -0.2) is 0 Å². The van der Waals surface area contributed by atoms with Crippen LogP contribution in [0, 0.1) is 0 Å². The summed E-state index contributed by atoms with van der Waals surface area (Å²) in [4.78, 5) is 28.9. The molecule has 0 unspecified atom stereocenters. The molecule has 0 spiro atoms. The molecule has 3 aromatic rings. The minimum absolute atomic E-state index is 0.124. The van der Waals surface area contributed by atoms with Crippen molar-refractivity contribution in [1.29, 1.82) is 0 Å². The van der Waals surface area contributed by atoms with Crippen molar-refractivity contribution in [2.45, 2.75) is 51.7 Å². The predicted octanol–water partition coefficient (Wildman–Crippen LogP) is 6.09. The van der Waals surface area contributed by atoms with Gasteiger partial charge in [-0.3, -0.25) is 9.59 Å². The second kappa shape index (κ2) is 11.5. The normalized spacial score (nSPS) is 12.1. The Kier molecular flexibility index (Phi) is 8.76. The van der Waals surface area contributed by atoms with Crippen LogP contribution in [0.1, 0.15) is 37.5 Å². The molecule has 6 heteroatoms. The van der Waals surface area contributed by atoms with Gasteiger partial charge in [-0.05, 0) is 55.7 Å². The van der Waals surface area contributed by atoms with E-state index in [1.165, 1.54) is 0 Å². The molecular formula is C28H30Cl2N2O2. The van der Waals surface area contributed by atoms with Gasteiger partial charge in [0, 0.05) is 28.5 Å². The van der Waals surface area contributed by atoms with Gasteiger partial charge in [-0.2, -0.15) is 0 Å². The Bertz CT molecular complexity index is 1130. The summed E-state index contributed by atoms with van der Waals surface area (Å²) in [7, 11) is 0. The van der Waals surface area contributed by atoms with Gasteiger partial charge in [-0.15, -0.1) is 0 Å². The second-order valence-electron chi connectivity index (χ2n) is 9.36. The number of hydrogen-bond donors (Lipinski definition) is 1. The standard InChI is InChI=1S/C28H30Cl2N2O2/c1-28(2,3)31-27(34)25(17-20-10-5-4-6-11-20)32(19-22-13-7-8-15-24(22)30)26(33)18-21-12-9-14-23(29)16-21/h4-16,25H,17-19H2,1-3H3,(H,31,34)/t25-/m0/s1. The Morgan fingerprint density at radius 2 is 1.53 bits per heavy atom. The van der Waals surface area contributed by atoms with Gasteiger partial charge in [0.15, 0.2) is 0 Å². The van der Waals surface area contributed by atoms with Crippen LogP contribution in [-0.4, -0.2) is 28.3 Å². The third kappa shape index (κ3) is 7.61. The quantitative estimate of drug-likeness (QED) is 0.410. The number of carbonyl (C=O) groups excluding carboxylic acids is 2. The van der Waals surface area contributed by atoms with Crippen molar-refractivity contribution in [2.75, 3.05) is 0 Å². The molecule has 0 fully saturated rings. The number of halogens is 2. The third-order valence-electron chi connectivity index (χ3n) is 5.31. The first-order chi connectivity index (χ1) is 16.1. The van der Waals surface area contributed by atoms with E-state index in [-0.39, 0.29) is 24.8 Å². The van der Waals surface area contributed by atoms with Crippen molar-refractivity contribution in [1.82, 2.24) is 10.2 Å². The van der Waals surface area contributed by atoms with Crippen molar-refractivity contribution < 1.29 is 9.59 Å². The smallest absolute Gasteiger partial charge is 0.243 e. The molecular weight excluding hydrogens is 467 g/mol. The van der Waals surface area contributed by atoms with Crippen LogP contribution in [0.3, 0.4) is 0 Å². The molecule has 4 nitrogen and oxygen atoms in total. The van der Waals surface area contributed by atoms with Gasteiger partial charge in [0.1, 0.15) is 6.04 Å². The van der Waals surface area contributed by atoms with Crippen molar-refractivity contribution in [2.24, 2.45) is 0 Å². The van der Waals surface area contributed by atoms with E-state index in [0.717, 1.165) is 16.7 Å². The lowest BCUT2D eigenvalue weighted by molar-refractivity contribution is -0.141. The second-order valence-corrected chi connectivity index (χ2v) is 10.2. The average Bonchev–Trinajstić information content (AvgIpc) is 2.77. The van der Waals surface area contributed by atoms with E-state index in [1.54, 1.807) is 23.1 Å². The lowest BCUT2D eigenvalue weighted by atomic mass is 10.00. The number of nitrogens with zero attached hydrogens (tertiary/aromatic N) is 1. The highest BCUT2D eigenvalue weighted by atomic mass is 35.5. The first kappa shape index (κ1) is 25.8. The fraction of sp³-hybridized carbons (Fsp3) is 0.286. The molecule has 0 heterocycles. The number of carbonyl (C=O) groups is 2. The Labute approximate surface area is 211 Å². The number of nitrogens with one attached hydrogen (secondary N) is 1. The highest BCUT2D eigenvalue weighted by Crippen LogP contribution is 2.22. The molecule has 0 aromatic heterocycles. The predicted molar refractivity (Wildman–Crippen MR) is 139 cm³/mol. The molecule has 0 saturated heterocycles. The number of benzene rings is 3. The SMILES string of the molecule is CC(C)(C)NC(=O)[C@H](Cc1ccccc1)N(Cc1ccccc1Cl)C(=O)Cc1cccc(Cl)c1. The maximum absolute atomic E-state index is 13.7. The summed E-state index contributed by atoms with van der Waals surface area (Å²) in [5, 5.41) is 4.18. The molecule has 178 valence electrons. The van der Waals surface area contributed by atoms with Crippen LogP contribution in [0.5, 0.6) is 0 Å². The van der Waals surface area contributed by atoms with Gasteiger partial charge in [0.2, 0.25) is 11.8 Å². The molecule has 3 rings (SSSR count). The average molecular weight is 497 g/mol. The van der Waals surface area contributed by atoms with Crippen LogP contribution < -0.4 is 5.32 Å². The van der Waals surface area contributed by atoms with E-state index >= 15 is 0 Å². The highest BCUT2D eigenvalue weighted by molar-refractivity contribution is 6.31. The molecule has 0 bridgehead atoms. The molecule has 0 aliphatic carbocycles. The summed E-state index contributed by atoms with van der Waals surface area (Å²) in [6, 6.07) is 23.6. The van der Waals surface area contributed by atoms with Crippen molar-refractivity contribution in [3.05, 3.63) is 106 Å². The molecule has 0 saturated carbocycles. The van der Waals surface area contributed by atoms with E-state index in [2.05, 4.69) is 5.32 Å². The molecule has 1 atom stereocenters. The summed E-state index contributed by atoms with van der Waals surface area (Å²) < 4.78 is 0. The maximum atomic E-state index is 13.7. The van der Waals surface area contributed by atoms with Crippen molar-refractivity contribution >= 4 is 35.0 Å². The van der Waals surface area contributed by atoms with Crippen LogP contribution in [0.4, 0.5) is 0 Å². The summed E-state index contributed by atoms with van der Waals surface area (Å²) in [6.45, 7) is 6.00. The lowest BCUT2D eigenvalue weighted by Crippen LogP contribution is -2.54. The summed E-state index contributed by atoms with van der Waals surface area (Å²) in [5.74, 6) is -0.380. The molecule has 0 aliphatic rings. The van der Waals surface area contributed by atoms with E-state index in [4.69, 9.17) is 23.2 Å². The zero-order chi connectivity index (χ0) is 24.7. The van der Waals surface area contributed by atoms with Gasteiger partial charge in [-0.1, -0.05) is 83.9 Å². The Hall–Kier alpha value is -2.82. The molecule has 1 N–H and O–H groups in total. The Balaban J connectivity index is 2.00. The molecule has 0 radical (unpaired) electrons. The number of hydrogen-bond acceptors (Lipinski definition) is 2. The fourth-order valence-electron chi connectivity index (χ4n) is 3.74.